The molecule has 1 rings (SSSR count). The van der Waals surface area contributed by atoms with Crippen LogP contribution in [0.4, 0.5) is 4.79 Å². The van der Waals surface area contributed by atoms with Crippen molar-refractivity contribution >= 4 is 39.5 Å². The van der Waals surface area contributed by atoms with E-state index in [0.717, 1.165) is 11.8 Å². The number of benzene rings is 1. The van der Waals surface area contributed by atoms with E-state index in [2.05, 4.69) is 0 Å². The summed E-state index contributed by atoms with van der Waals surface area (Å²) in [5.74, 6) is 0. The number of carbonyl (C=O) groups excluding carboxylic acids is 1. The van der Waals surface area contributed by atoms with Gasteiger partial charge in [0.1, 0.15) is 0 Å². The van der Waals surface area contributed by atoms with E-state index in [1.54, 1.807) is 24.3 Å². The van der Waals surface area contributed by atoms with Gasteiger partial charge in [0.2, 0.25) is 0 Å². The first-order chi connectivity index (χ1) is 5.20. The van der Waals surface area contributed by atoms with Crippen molar-refractivity contribution in [3.63, 3.8) is 0 Å². The Kier molecular flexibility index (Phi) is 3.24. The van der Waals surface area contributed by atoms with Crippen LogP contribution in [0.5, 0.6) is 0 Å². The van der Waals surface area contributed by atoms with Crippen LogP contribution in [-0.4, -0.2) is 4.57 Å². The fourth-order valence-corrected chi connectivity index (χ4v) is 1.60. The molecule has 0 amide bonds. The molecule has 0 saturated carbocycles. The molecule has 0 fully saturated rings. The first kappa shape index (κ1) is 8.91. The second-order valence-electron chi connectivity index (χ2n) is 1.77. The van der Waals surface area contributed by atoms with Crippen LogP contribution in [-0.2, 0) is 0 Å². The van der Waals surface area contributed by atoms with E-state index in [1.807, 2.05) is 0 Å². The standard InChI is InChI=1S/C7H4Cl2OS/c8-5-3-1-2-4-6(5)11-7(9)10/h1-4H. The van der Waals surface area contributed by atoms with E-state index in [-0.39, 0.29) is 0 Å². The van der Waals surface area contributed by atoms with Gasteiger partial charge in [-0.1, -0.05) is 23.7 Å². The number of hydrogen-bond donors (Lipinski definition) is 0. The lowest BCUT2D eigenvalue weighted by Gasteiger charge is -1.96. The fraction of sp³-hybridized carbons (Fsp3) is 0. The van der Waals surface area contributed by atoms with Crippen LogP contribution in [0.15, 0.2) is 29.2 Å². The Labute approximate surface area is 78.7 Å². The zero-order chi connectivity index (χ0) is 8.27. The predicted molar refractivity (Wildman–Crippen MR) is 48.6 cm³/mol. The highest BCUT2D eigenvalue weighted by molar-refractivity contribution is 8.16. The first-order valence-corrected chi connectivity index (χ1v) is 4.39. The lowest BCUT2D eigenvalue weighted by molar-refractivity contribution is 0.276. The van der Waals surface area contributed by atoms with E-state index in [0.29, 0.717) is 9.92 Å². The minimum atomic E-state index is -0.474. The van der Waals surface area contributed by atoms with Gasteiger partial charge in [-0.05, 0) is 35.5 Å². The molecule has 4 heteroatoms. The van der Waals surface area contributed by atoms with Crippen molar-refractivity contribution in [2.24, 2.45) is 0 Å². The third-order valence-corrected chi connectivity index (χ3v) is 2.44. The summed E-state index contributed by atoms with van der Waals surface area (Å²) in [7, 11) is 0. The van der Waals surface area contributed by atoms with Gasteiger partial charge in [-0.15, -0.1) is 0 Å². The van der Waals surface area contributed by atoms with Gasteiger partial charge in [-0.2, -0.15) is 0 Å². The molecular formula is C7H4Cl2OS. The minimum Gasteiger partial charge on any atom is -0.268 e. The zero-order valence-electron chi connectivity index (χ0n) is 5.38. The molecule has 0 atom stereocenters. The normalized spacial score (nSPS) is 9.64. The number of thioether (sulfide) groups is 1. The van der Waals surface area contributed by atoms with Gasteiger partial charge in [-0.25, -0.2) is 0 Å². The average Bonchev–Trinajstić information content (AvgIpc) is 1.93. The molecule has 1 nitrogen and oxygen atoms in total. The van der Waals surface area contributed by atoms with Crippen LogP contribution in [0.2, 0.25) is 5.02 Å². The van der Waals surface area contributed by atoms with Crippen LogP contribution in [0, 0.1) is 0 Å². The van der Waals surface area contributed by atoms with Crippen LogP contribution in [0.1, 0.15) is 0 Å². The quantitative estimate of drug-likeness (QED) is 0.514. The largest absolute Gasteiger partial charge is 0.284 e. The van der Waals surface area contributed by atoms with Crippen LogP contribution >= 0.6 is 35.0 Å². The molecule has 0 saturated heterocycles. The van der Waals surface area contributed by atoms with Crippen molar-refractivity contribution in [2.75, 3.05) is 0 Å². The van der Waals surface area contributed by atoms with Crippen molar-refractivity contribution in [3.05, 3.63) is 29.3 Å². The molecular weight excluding hydrogens is 203 g/mol. The van der Waals surface area contributed by atoms with E-state index >= 15 is 0 Å². The molecule has 1 aromatic carbocycles. The average molecular weight is 207 g/mol. The highest BCUT2D eigenvalue weighted by Crippen LogP contribution is 2.28. The Bertz CT molecular complexity index is 275. The Morgan fingerprint density at radius 2 is 2.00 bits per heavy atom. The molecule has 0 radical (unpaired) electrons. The number of rotatable bonds is 1. The SMILES string of the molecule is O=C(Cl)Sc1ccccc1Cl. The molecule has 58 valence electrons. The van der Waals surface area contributed by atoms with Crippen LogP contribution in [0.3, 0.4) is 0 Å². The fourth-order valence-electron chi connectivity index (χ4n) is 0.614. The summed E-state index contributed by atoms with van der Waals surface area (Å²) in [5.41, 5.74) is 0. The lowest BCUT2D eigenvalue weighted by Crippen LogP contribution is -1.75. The maximum absolute atomic E-state index is 10.4. The molecule has 0 N–H and O–H groups in total. The summed E-state index contributed by atoms with van der Waals surface area (Å²) in [5, 5.41) is 0.548. The van der Waals surface area contributed by atoms with E-state index in [1.165, 1.54) is 0 Å². The number of hydrogen-bond acceptors (Lipinski definition) is 2. The maximum Gasteiger partial charge on any atom is 0.284 e. The molecule has 11 heavy (non-hydrogen) atoms. The minimum absolute atomic E-state index is 0.474. The maximum atomic E-state index is 10.4. The molecule has 0 bridgehead atoms. The first-order valence-electron chi connectivity index (χ1n) is 2.82. The second kappa shape index (κ2) is 4.00. The summed E-state index contributed by atoms with van der Waals surface area (Å²) >= 11 is 11.8. The van der Waals surface area contributed by atoms with E-state index in [4.69, 9.17) is 23.2 Å². The smallest absolute Gasteiger partial charge is 0.268 e. The molecule has 0 unspecified atom stereocenters. The van der Waals surface area contributed by atoms with Crippen molar-refractivity contribution in [1.82, 2.24) is 0 Å². The van der Waals surface area contributed by atoms with E-state index < -0.39 is 4.57 Å². The van der Waals surface area contributed by atoms with Crippen molar-refractivity contribution < 1.29 is 4.79 Å². The topological polar surface area (TPSA) is 17.1 Å². The highest BCUT2D eigenvalue weighted by atomic mass is 35.5. The lowest BCUT2D eigenvalue weighted by atomic mass is 10.4. The van der Waals surface area contributed by atoms with Gasteiger partial charge in [0.25, 0.3) is 4.57 Å². The summed E-state index contributed by atoms with van der Waals surface area (Å²) in [6, 6.07) is 7.05. The van der Waals surface area contributed by atoms with Gasteiger partial charge in [0.15, 0.2) is 0 Å². The van der Waals surface area contributed by atoms with Gasteiger partial charge in [0.05, 0.1) is 5.02 Å². The molecule has 0 heterocycles. The predicted octanol–water partition coefficient (Wildman–Crippen LogP) is 3.79. The summed E-state index contributed by atoms with van der Waals surface area (Å²) in [4.78, 5) is 11.1. The van der Waals surface area contributed by atoms with Crippen molar-refractivity contribution in [1.29, 1.82) is 0 Å². The molecule has 0 aliphatic carbocycles. The summed E-state index contributed by atoms with van der Waals surface area (Å²) in [6.07, 6.45) is 0. The van der Waals surface area contributed by atoms with Gasteiger partial charge >= 0.3 is 0 Å². The van der Waals surface area contributed by atoms with Gasteiger partial charge < -0.3 is 0 Å². The van der Waals surface area contributed by atoms with Gasteiger partial charge in [0, 0.05) is 4.90 Å². The van der Waals surface area contributed by atoms with E-state index in [9.17, 15) is 4.79 Å². The second-order valence-corrected chi connectivity index (χ2v) is 3.76. The van der Waals surface area contributed by atoms with Crippen molar-refractivity contribution in [3.8, 4) is 0 Å². The number of carbonyl (C=O) groups is 1. The summed E-state index contributed by atoms with van der Waals surface area (Å²) < 4.78 is -0.474. The molecule has 0 aliphatic rings. The molecule has 0 aromatic heterocycles. The third-order valence-electron chi connectivity index (χ3n) is 1.03. The molecule has 1 aromatic rings. The summed E-state index contributed by atoms with van der Waals surface area (Å²) in [6.45, 7) is 0. The van der Waals surface area contributed by atoms with Crippen molar-refractivity contribution in [2.45, 2.75) is 4.90 Å². The van der Waals surface area contributed by atoms with Gasteiger partial charge in [-0.3, -0.25) is 4.79 Å². The van der Waals surface area contributed by atoms with Crippen LogP contribution in [0.25, 0.3) is 0 Å². The zero-order valence-corrected chi connectivity index (χ0v) is 7.71. The molecule has 0 aliphatic heterocycles. The number of halogens is 2. The Hall–Kier alpha value is -0.180. The molecule has 0 spiro atoms. The van der Waals surface area contributed by atoms with Crippen LogP contribution < -0.4 is 0 Å². The Balaban J connectivity index is 2.86. The monoisotopic (exact) mass is 206 g/mol. The Morgan fingerprint density at radius 1 is 1.36 bits per heavy atom. The Morgan fingerprint density at radius 3 is 2.55 bits per heavy atom. The highest BCUT2D eigenvalue weighted by Gasteiger charge is 2.03. The third kappa shape index (κ3) is 2.73.